The maximum Gasteiger partial charge on any atom is 0.124 e. The van der Waals surface area contributed by atoms with Crippen LogP contribution in [0.4, 0.5) is 5.69 Å². The van der Waals surface area contributed by atoms with Crippen molar-refractivity contribution in [2.75, 3.05) is 0 Å². The highest BCUT2D eigenvalue weighted by Gasteiger charge is 2.02. The zero-order chi connectivity index (χ0) is 13.1. The summed E-state index contributed by atoms with van der Waals surface area (Å²) in [5.41, 5.74) is 3.01. The lowest BCUT2D eigenvalue weighted by molar-refractivity contribution is 0.467. The second-order valence-electron chi connectivity index (χ2n) is 4.25. The molecule has 0 heterocycles. The smallest absolute Gasteiger partial charge is 0.124 e. The van der Waals surface area contributed by atoms with Gasteiger partial charge in [-0.3, -0.25) is 4.99 Å². The first-order valence-electron chi connectivity index (χ1n) is 5.70. The van der Waals surface area contributed by atoms with Crippen LogP contribution in [0.1, 0.15) is 16.7 Å². The molecule has 3 heteroatoms. The Labute approximate surface area is 106 Å². The predicted molar refractivity (Wildman–Crippen MR) is 72.9 cm³/mol. The lowest BCUT2D eigenvalue weighted by Crippen LogP contribution is -1.83. The summed E-state index contributed by atoms with van der Waals surface area (Å²) in [5, 5.41) is 19.3. The van der Waals surface area contributed by atoms with Gasteiger partial charge in [0.1, 0.15) is 11.5 Å². The summed E-state index contributed by atoms with van der Waals surface area (Å²) in [5.74, 6) is 0.505. The third kappa shape index (κ3) is 2.51. The summed E-state index contributed by atoms with van der Waals surface area (Å²) >= 11 is 0. The molecule has 2 aromatic carbocycles. The van der Waals surface area contributed by atoms with Gasteiger partial charge in [-0.25, -0.2) is 0 Å². The van der Waals surface area contributed by atoms with Gasteiger partial charge < -0.3 is 10.2 Å². The Bertz CT molecular complexity index is 580. The van der Waals surface area contributed by atoms with Crippen LogP contribution in [0.2, 0.25) is 0 Å². The van der Waals surface area contributed by atoms with E-state index >= 15 is 0 Å². The Balaban J connectivity index is 2.33. The van der Waals surface area contributed by atoms with Crippen molar-refractivity contribution < 1.29 is 10.2 Å². The Morgan fingerprint density at radius 3 is 2.22 bits per heavy atom. The lowest BCUT2D eigenvalue weighted by Gasteiger charge is -2.04. The average molecular weight is 241 g/mol. The van der Waals surface area contributed by atoms with Crippen LogP contribution in [0.25, 0.3) is 0 Å². The number of benzene rings is 2. The van der Waals surface area contributed by atoms with Crippen LogP contribution in [0, 0.1) is 13.8 Å². The van der Waals surface area contributed by atoms with Crippen molar-refractivity contribution in [3.05, 3.63) is 53.1 Å². The fourth-order valence-electron chi connectivity index (χ4n) is 1.75. The third-order valence-corrected chi connectivity index (χ3v) is 2.77. The number of para-hydroxylation sites is 1. The lowest BCUT2D eigenvalue weighted by atomic mass is 10.1. The second kappa shape index (κ2) is 4.92. The molecule has 0 amide bonds. The largest absolute Gasteiger partial charge is 0.507 e. The molecule has 0 saturated carbocycles. The molecule has 0 radical (unpaired) electrons. The van der Waals surface area contributed by atoms with E-state index in [0.717, 1.165) is 16.8 Å². The van der Waals surface area contributed by atoms with Crippen molar-refractivity contribution in [1.82, 2.24) is 0 Å². The van der Waals surface area contributed by atoms with E-state index in [-0.39, 0.29) is 5.75 Å². The van der Waals surface area contributed by atoms with Gasteiger partial charge in [0.05, 0.1) is 5.69 Å². The van der Waals surface area contributed by atoms with Gasteiger partial charge in [0.2, 0.25) is 0 Å². The molecule has 3 nitrogen and oxygen atoms in total. The van der Waals surface area contributed by atoms with Crippen molar-refractivity contribution in [2.24, 2.45) is 4.99 Å². The Kier molecular flexibility index (Phi) is 3.33. The molecule has 0 bridgehead atoms. The van der Waals surface area contributed by atoms with Crippen LogP contribution < -0.4 is 0 Å². The maximum atomic E-state index is 9.67. The van der Waals surface area contributed by atoms with Gasteiger partial charge in [-0.15, -0.1) is 0 Å². The van der Waals surface area contributed by atoms with Crippen molar-refractivity contribution in [3.8, 4) is 11.5 Å². The molecular weight excluding hydrogens is 226 g/mol. The predicted octanol–water partition coefficient (Wildman–Crippen LogP) is 3.47. The van der Waals surface area contributed by atoms with E-state index in [4.69, 9.17) is 0 Å². The standard InChI is InChI=1S/C15H15NO2/c1-10-7-13(8-11(2)15(10)18)16-9-12-5-3-4-6-14(12)17/h3-9,17-18H,1-2H3. The normalized spacial score (nSPS) is 11.0. The number of nitrogens with zero attached hydrogens (tertiary/aromatic N) is 1. The highest BCUT2D eigenvalue weighted by Crippen LogP contribution is 2.27. The minimum atomic E-state index is 0.202. The van der Waals surface area contributed by atoms with E-state index in [2.05, 4.69) is 4.99 Å². The van der Waals surface area contributed by atoms with Crippen LogP contribution in [-0.2, 0) is 0 Å². The minimum Gasteiger partial charge on any atom is -0.507 e. The molecule has 0 unspecified atom stereocenters. The van der Waals surface area contributed by atoms with Crippen molar-refractivity contribution in [2.45, 2.75) is 13.8 Å². The SMILES string of the molecule is Cc1cc(N=Cc2ccccc2O)cc(C)c1O. The third-order valence-electron chi connectivity index (χ3n) is 2.77. The fourth-order valence-corrected chi connectivity index (χ4v) is 1.75. The van der Waals surface area contributed by atoms with Gasteiger partial charge in [-0.05, 0) is 49.2 Å². The van der Waals surface area contributed by atoms with Crippen LogP contribution >= 0.6 is 0 Å². The van der Waals surface area contributed by atoms with Gasteiger partial charge >= 0.3 is 0 Å². The topological polar surface area (TPSA) is 52.8 Å². The molecule has 2 rings (SSSR count). The molecule has 18 heavy (non-hydrogen) atoms. The zero-order valence-corrected chi connectivity index (χ0v) is 10.4. The first-order valence-corrected chi connectivity index (χ1v) is 5.70. The highest BCUT2D eigenvalue weighted by atomic mass is 16.3. The molecule has 92 valence electrons. The molecular formula is C15H15NO2. The number of aromatic hydroxyl groups is 2. The van der Waals surface area contributed by atoms with Crippen molar-refractivity contribution >= 4 is 11.9 Å². The summed E-state index contributed by atoms with van der Waals surface area (Å²) in [6, 6.07) is 10.6. The van der Waals surface area contributed by atoms with Gasteiger partial charge in [0.15, 0.2) is 0 Å². The number of phenolic OH excluding ortho intramolecular Hbond substituents is 2. The minimum absolute atomic E-state index is 0.202. The average Bonchev–Trinajstić information content (AvgIpc) is 2.35. The number of phenols is 2. The second-order valence-corrected chi connectivity index (χ2v) is 4.25. The van der Waals surface area contributed by atoms with E-state index in [9.17, 15) is 10.2 Å². The molecule has 0 aromatic heterocycles. The summed E-state index contributed by atoms with van der Waals surface area (Å²) in [7, 11) is 0. The number of aryl methyl sites for hydroxylation is 2. The molecule has 2 aromatic rings. The van der Waals surface area contributed by atoms with Crippen LogP contribution in [-0.4, -0.2) is 16.4 Å². The summed E-state index contributed by atoms with van der Waals surface area (Å²) in [6.07, 6.45) is 1.61. The van der Waals surface area contributed by atoms with Gasteiger partial charge in [-0.1, -0.05) is 12.1 Å². The van der Waals surface area contributed by atoms with E-state index in [0.29, 0.717) is 11.3 Å². The van der Waals surface area contributed by atoms with E-state index in [1.54, 1.807) is 36.5 Å². The fraction of sp³-hybridized carbons (Fsp3) is 0.133. The monoisotopic (exact) mass is 241 g/mol. The molecule has 0 spiro atoms. The molecule has 0 aliphatic rings. The molecule has 0 fully saturated rings. The Morgan fingerprint density at radius 1 is 1.00 bits per heavy atom. The van der Waals surface area contributed by atoms with Crippen molar-refractivity contribution in [3.63, 3.8) is 0 Å². The Morgan fingerprint density at radius 2 is 1.61 bits per heavy atom. The quantitative estimate of drug-likeness (QED) is 0.791. The number of rotatable bonds is 2. The van der Waals surface area contributed by atoms with E-state index in [1.807, 2.05) is 19.9 Å². The zero-order valence-electron chi connectivity index (χ0n) is 10.4. The van der Waals surface area contributed by atoms with Crippen LogP contribution in [0.3, 0.4) is 0 Å². The van der Waals surface area contributed by atoms with E-state index < -0.39 is 0 Å². The first-order chi connectivity index (χ1) is 8.58. The molecule has 0 aliphatic carbocycles. The first kappa shape index (κ1) is 12.2. The summed E-state index contributed by atoms with van der Waals surface area (Å²) in [6.45, 7) is 3.67. The van der Waals surface area contributed by atoms with Gasteiger partial charge in [0, 0.05) is 11.8 Å². The van der Waals surface area contributed by atoms with Crippen molar-refractivity contribution in [1.29, 1.82) is 0 Å². The summed E-state index contributed by atoms with van der Waals surface area (Å²) < 4.78 is 0. The number of hydrogen-bond acceptors (Lipinski definition) is 3. The van der Waals surface area contributed by atoms with Crippen LogP contribution in [0.15, 0.2) is 41.4 Å². The Hall–Kier alpha value is -2.29. The van der Waals surface area contributed by atoms with Gasteiger partial charge in [-0.2, -0.15) is 0 Å². The molecule has 0 saturated heterocycles. The van der Waals surface area contributed by atoms with Crippen LogP contribution in [0.5, 0.6) is 11.5 Å². The van der Waals surface area contributed by atoms with E-state index in [1.165, 1.54) is 0 Å². The molecule has 0 aliphatic heterocycles. The van der Waals surface area contributed by atoms with Gasteiger partial charge in [0.25, 0.3) is 0 Å². The summed E-state index contributed by atoms with van der Waals surface area (Å²) in [4.78, 5) is 4.30. The number of aliphatic imine (C=N–C) groups is 1. The number of hydrogen-bond donors (Lipinski definition) is 2. The molecule has 0 atom stereocenters. The maximum absolute atomic E-state index is 9.67. The molecule has 2 N–H and O–H groups in total. The highest BCUT2D eigenvalue weighted by molar-refractivity contribution is 5.85.